The van der Waals surface area contributed by atoms with Gasteiger partial charge >= 0.3 is 6.03 Å². The number of urea groups is 1. The molecule has 23 heavy (non-hydrogen) atoms. The fourth-order valence-electron chi connectivity index (χ4n) is 2.25. The number of hydrogen-bond acceptors (Lipinski definition) is 3. The number of halogens is 2. The van der Waals surface area contributed by atoms with Crippen molar-refractivity contribution in [3.63, 3.8) is 0 Å². The summed E-state index contributed by atoms with van der Waals surface area (Å²) in [4.78, 5) is 24.8. The molecule has 1 fully saturated rings. The van der Waals surface area contributed by atoms with Crippen LogP contribution in [0.1, 0.15) is 19.3 Å². The van der Waals surface area contributed by atoms with Gasteiger partial charge in [0, 0.05) is 31.1 Å². The van der Waals surface area contributed by atoms with E-state index in [9.17, 15) is 9.59 Å². The van der Waals surface area contributed by atoms with Crippen molar-refractivity contribution in [2.24, 2.45) is 0 Å². The first-order valence-electron chi connectivity index (χ1n) is 7.43. The molecule has 0 atom stereocenters. The zero-order valence-corrected chi connectivity index (χ0v) is 14.1. The topological polar surface area (TPSA) is 70.7 Å². The second-order valence-corrected chi connectivity index (χ2v) is 5.98. The van der Waals surface area contributed by atoms with Gasteiger partial charge in [-0.3, -0.25) is 4.79 Å². The third-order valence-electron chi connectivity index (χ3n) is 3.42. The van der Waals surface area contributed by atoms with E-state index in [0.29, 0.717) is 35.3 Å². The second-order valence-electron chi connectivity index (χ2n) is 5.13. The predicted octanol–water partition coefficient (Wildman–Crippen LogP) is 2.64. The number of carbonyl (C=O) groups is 2. The van der Waals surface area contributed by atoms with Gasteiger partial charge in [-0.25, -0.2) is 4.79 Å². The molecule has 0 bridgehead atoms. The van der Waals surface area contributed by atoms with E-state index in [2.05, 4.69) is 10.6 Å². The number of hydrogen-bond donors (Lipinski definition) is 2. The van der Waals surface area contributed by atoms with Crippen LogP contribution in [-0.2, 0) is 4.79 Å². The fraction of sp³-hybridized carbons (Fsp3) is 0.467. The van der Waals surface area contributed by atoms with Gasteiger partial charge in [-0.1, -0.05) is 23.2 Å². The molecular weight excluding hydrogens is 341 g/mol. The Hall–Kier alpha value is -1.66. The average molecular weight is 360 g/mol. The molecule has 0 spiro atoms. The Morgan fingerprint density at radius 1 is 1.30 bits per heavy atom. The molecule has 1 aromatic rings. The molecular formula is C15H19Cl2N3O3. The van der Waals surface area contributed by atoms with E-state index in [1.165, 1.54) is 0 Å². The van der Waals surface area contributed by atoms with Crippen LogP contribution in [0.25, 0.3) is 0 Å². The number of ether oxygens (including phenoxy) is 1. The minimum atomic E-state index is -0.331. The molecule has 1 saturated heterocycles. The normalized spacial score (nSPS) is 14.0. The van der Waals surface area contributed by atoms with Crippen LogP contribution in [0.4, 0.5) is 4.79 Å². The van der Waals surface area contributed by atoms with Crippen LogP contribution in [0.3, 0.4) is 0 Å². The van der Waals surface area contributed by atoms with E-state index in [4.69, 9.17) is 27.9 Å². The van der Waals surface area contributed by atoms with E-state index in [1.54, 1.807) is 18.2 Å². The van der Waals surface area contributed by atoms with Crippen LogP contribution in [-0.4, -0.2) is 43.2 Å². The quantitative estimate of drug-likeness (QED) is 0.580. The van der Waals surface area contributed by atoms with Crippen molar-refractivity contribution < 1.29 is 14.3 Å². The Kier molecular flexibility index (Phi) is 6.80. The molecule has 0 radical (unpaired) electrons. The minimum Gasteiger partial charge on any atom is -0.472 e. The number of rotatable bonds is 7. The summed E-state index contributed by atoms with van der Waals surface area (Å²) >= 11 is 11.7. The first-order chi connectivity index (χ1) is 11.1. The van der Waals surface area contributed by atoms with Crippen LogP contribution in [0.2, 0.25) is 10.0 Å². The van der Waals surface area contributed by atoms with Gasteiger partial charge in [0.05, 0.1) is 5.02 Å². The van der Waals surface area contributed by atoms with Gasteiger partial charge in [-0.15, -0.1) is 0 Å². The molecule has 0 aliphatic carbocycles. The number of likely N-dealkylation sites (tertiary alicyclic amines) is 1. The van der Waals surface area contributed by atoms with Crippen LogP contribution in [0.15, 0.2) is 18.2 Å². The van der Waals surface area contributed by atoms with E-state index in [1.807, 2.05) is 4.90 Å². The summed E-state index contributed by atoms with van der Waals surface area (Å²) in [6.45, 7) is 1.99. The monoisotopic (exact) mass is 359 g/mol. The zero-order valence-electron chi connectivity index (χ0n) is 12.6. The van der Waals surface area contributed by atoms with Gasteiger partial charge in [0.1, 0.15) is 5.75 Å². The lowest BCUT2D eigenvalue weighted by atomic mass is 10.3. The molecule has 3 amide bonds. The molecule has 2 rings (SSSR count). The summed E-state index contributed by atoms with van der Waals surface area (Å²) in [5, 5.41) is 6.18. The molecule has 0 aromatic heterocycles. The van der Waals surface area contributed by atoms with Crippen molar-refractivity contribution in [3.8, 4) is 5.75 Å². The zero-order chi connectivity index (χ0) is 16.7. The number of amides is 3. The van der Waals surface area contributed by atoms with E-state index in [-0.39, 0.29) is 18.7 Å². The number of nitrogens with one attached hydrogen (secondary N) is 2. The largest absolute Gasteiger partial charge is 0.472 e. The predicted molar refractivity (Wildman–Crippen MR) is 88.9 cm³/mol. The molecule has 1 aliphatic rings. The third kappa shape index (κ3) is 5.80. The summed E-state index contributed by atoms with van der Waals surface area (Å²) in [6, 6.07) is 4.53. The highest BCUT2D eigenvalue weighted by atomic mass is 35.5. The van der Waals surface area contributed by atoms with Crippen molar-refractivity contribution in [3.05, 3.63) is 28.2 Å². The first kappa shape index (κ1) is 17.7. The van der Waals surface area contributed by atoms with Crippen molar-refractivity contribution in [1.82, 2.24) is 15.5 Å². The number of nitrogens with zero attached hydrogens (tertiary/aromatic N) is 1. The maximum atomic E-state index is 11.6. The Labute approximate surface area is 145 Å². The molecule has 1 aliphatic heterocycles. The Bertz CT molecular complexity index is 569. The Morgan fingerprint density at radius 3 is 2.83 bits per heavy atom. The highest BCUT2D eigenvalue weighted by Crippen LogP contribution is 2.27. The van der Waals surface area contributed by atoms with Gasteiger partial charge in [0.25, 0.3) is 0 Å². The third-order valence-corrected chi connectivity index (χ3v) is 3.95. The van der Waals surface area contributed by atoms with Crippen LogP contribution >= 0.6 is 23.2 Å². The molecule has 1 heterocycles. The highest BCUT2D eigenvalue weighted by Gasteiger charge is 2.18. The number of benzene rings is 1. The second kappa shape index (κ2) is 8.84. The fourth-order valence-corrected chi connectivity index (χ4v) is 2.71. The minimum absolute atomic E-state index is 0.00219. The van der Waals surface area contributed by atoms with Crippen molar-refractivity contribution in [2.45, 2.75) is 19.3 Å². The van der Waals surface area contributed by atoms with E-state index >= 15 is 0 Å². The van der Waals surface area contributed by atoms with Crippen LogP contribution in [0.5, 0.6) is 5.75 Å². The number of carbonyl (C=O) groups excluding carboxylic acids is 2. The Morgan fingerprint density at radius 2 is 2.13 bits per heavy atom. The molecule has 6 nitrogen and oxygen atoms in total. The molecule has 8 heteroatoms. The first-order valence-corrected chi connectivity index (χ1v) is 8.19. The lowest BCUT2D eigenvalue weighted by Crippen LogP contribution is -2.39. The standard InChI is InChI=1S/C15H19Cl2N3O3/c16-11-4-5-13(12(17)9-11)23-10-19-15(22)18-6-2-8-20-7-1-3-14(20)21/h4-5,9H,1-3,6-8,10H2,(H2,18,19,22). The van der Waals surface area contributed by atoms with Crippen LogP contribution in [0, 0.1) is 0 Å². The van der Waals surface area contributed by atoms with Gasteiger partial charge in [-0.05, 0) is 31.0 Å². The SMILES string of the molecule is O=C(NCCCN1CCCC1=O)NCOc1ccc(Cl)cc1Cl. The van der Waals surface area contributed by atoms with E-state index < -0.39 is 0 Å². The Balaban J connectivity index is 1.57. The van der Waals surface area contributed by atoms with Crippen molar-refractivity contribution in [1.29, 1.82) is 0 Å². The van der Waals surface area contributed by atoms with Crippen molar-refractivity contribution in [2.75, 3.05) is 26.4 Å². The molecule has 2 N–H and O–H groups in total. The smallest absolute Gasteiger partial charge is 0.317 e. The lowest BCUT2D eigenvalue weighted by Gasteiger charge is -2.15. The molecule has 1 aromatic carbocycles. The van der Waals surface area contributed by atoms with Gasteiger partial charge in [-0.2, -0.15) is 0 Å². The summed E-state index contributed by atoms with van der Waals surface area (Å²) in [5.41, 5.74) is 0. The molecule has 126 valence electrons. The molecule has 0 saturated carbocycles. The summed E-state index contributed by atoms with van der Waals surface area (Å²) in [7, 11) is 0. The van der Waals surface area contributed by atoms with Gasteiger partial charge < -0.3 is 20.3 Å². The maximum absolute atomic E-state index is 11.6. The summed E-state index contributed by atoms with van der Waals surface area (Å²) in [5.74, 6) is 0.645. The summed E-state index contributed by atoms with van der Waals surface area (Å²) in [6.07, 6.45) is 2.29. The van der Waals surface area contributed by atoms with Gasteiger partial charge in [0.15, 0.2) is 6.73 Å². The lowest BCUT2D eigenvalue weighted by molar-refractivity contribution is -0.127. The van der Waals surface area contributed by atoms with Crippen molar-refractivity contribution >= 4 is 35.1 Å². The van der Waals surface area contributed by atoms with E-state index in [0.717, 1.165) is 19.4 Å². The highest BCUT2D eigenvalue weighted by molar-refractivity contribution is 6.35. The van der Waals surface area contributed by atoms with Crippen LogP contribution < -0.4 is 15.4 Å². The van der Waals surface area contributed by atoms with Gasteiger partial charge in [0.2, 0.25) is 5.91 Å². The molecule has 0 unspecified atom stereocenters. The summed E-state index contributed by atoms with van der Waals surface area (Å²) < 4.78 is 5.35. The maximum Gasteiger partial charge on any atom is 0.317 e. The average Bonchev–Trinajstić information content (AvgIpc) is 2.91.